The smallest absolute Gasteiger partial charge is 0.273 e. The van der Waals surface area contributed by atoms with Crippen LogP contribution in [0.5, 0.6) is 0 Å². The highest BCUT2D eigenvalue weighted by Gasteiger charge is 2.25. The molecule has 0 spiro atoms. The number of hydrogen-bond acceptors (Lipinski definition) is 4. The van der Waals surface area contributed by atoms with E-state index in [9.17, 15) is 10.1 Å². The number of carbonyl (C=O) groups excluding carboxylic acids is 1. The maximum Gasteiger partial charge on any atom is 0.273 e. The zero-order valence-electron chi connectivity index (χ0n) is 13.6. The molecule has 2 aromatic carbocycles. The van der Waals surface area contributed by atoms with E-state index in [0.717, 1.165) is 5.56 Å². The molecule has 0 aliphatic carbocycles. The maximum atomic E-state index is 12.7. The molecule has 126 valence electrons. The lowest BCUT2D eigenvalue weighted by atomic mass is 9.95. The first kappa shape index (κ1) is 18.1. The van der Waals surface area contributed by atoms with Crippen LogP contribution in [0.1, 0.15) is 17.0 Å². The molecule has 4 N–H and O–H groups in total. The summed E-state index contributed by atoms with van der Waals surface area (Å²) >= 11 is 4.74. The van der Waals surface area contributed by atoms with Crippen LogP contribution in [0.4, 0.5) is 5.69 Å². The summed E-state index contributed by atoms with van der Waals surface area (Å²) in [6, 6.07) is 18.4. The lowest BCUT2D eigenvalue weighted by Crippen LogP contribution is -2.33. The zero-order valence-corrected chi connectivity index (χ0v) is 14.4. The minimum Gasteiger partial charge on any atom is -0.375 e. The number of hydrogen-bond donors (Lipinski definition) is 3. The predicted molar refractivity (Wildman–Crippen MR) is 102 cm³/mol. The fourth-order valence-corrected chi connectivity index (χ4v) is 2.25. The molecule has 7 heteroatoms. The van der Waals surface area contributed by atoms with E-state index in [1.807, 2.05) is 31.2 Å². The molecule has 0 radical (unpaired) electrons. The molecule has 0 aromatic heterocycles. The van der Waals surface area contributed by atoms with E-state index < -0.39 is 11.8 Å². The quantitative estimate of drug-likeness (QED) is 0.436. The summed E-state index contributed by atoms with van der Waals surface area (Å²) in [6.07, 6.45) is 0. The van der Waals surface area contributed by atoms with Crippen molar-refractivity contribution in [2.75, 3.05) is 5.32 Å². The Morgan fingerprint density at radius 1 is 1.20 bits per heavy atom. The van der Waals surface area contributed by atoms with Gasteiger partial charge in [-0.1, -0.05) is 48.5 Å². The van der Waals surface area contributed by atoms with Crippen molar-refractivity contribution in [1.82, 2.24) is 5.43 Å². The van der Waals surface area contributed by atoms with E-state index >= 15 is 0 Å². The molecule has 0 bridgehead atoms. The first-order chi connectivity index (χ1) is 12.0. The van der Waals surface area contributed by atoms with Crippen molar-refractivity contribution in [2.45, 2.75) is 12.8 Å². The standard InChI is InChI=1S/C18H17N5OS/c1-12-7-5-6-10-15(12)21-17(24)16(22-23-18(20)25)14(11-19)13-8-3-2-4-9-13/h2-10,14H,1H3,(H,21,24)(H3,20,23,25)/b22-16+. The van der Waals surface area contributed by atoms with Gasteiger partial charge in [-0.25, -0.2) is 0 Å². The van der Waals surface area contributed by atoms with Gasteiger partial charge < -0.3 is 11.1 Å². The third-order valence-electron chi connectivity index (χ3n) is 3.45. The average Bonchev–Trinajstić information content (AvgIpc) is 2.61. The van der Waals surface area contributed by atoms with Gasteiger partial charge in [0.05, 0.1) is 6.07 Å². The number of thiocarbonyl (C=S) groups is 1. The highest BCUT2D eigenvalue weighted by atomic mass is 32.1. The molecule has 6 nitrogen and oxygen atoms in total. The van der Waals surface area contributed by atoms with E-state index in [1.165, 1.54) is 0 Å². The van der Waals surface area contributed by atoms with Gasteiger partial charge in [0, 0.05) is 5.69 Å². The summed E-state index contributed by atoms with van der Waals surface area (Å²) in [5.41, 5.74) is 9.95. The topological polar surface area (TPSA) is 103 Å². The third-order valence-corrected chi connectivity index (χ3v) is 3.54. The Morgan fingerprint density at radius 3 is 2.44 bits per heavy atom. The highest BCUT2D eigenvalue weighted by Crippen LogP contribution is 2.19. The molecule has 2 aromatic rings. The van der Waals surface area contributed by atoms with Crippen molar-refractivity contribution >= 4 is 34.6 Å². The molecule has 0 saturated heterocycles. The summed E-state index contributed by atoms with van der Waals surface area (Å²) in [7, 11) is 0. The summed E-state index contributed by atoms with van der Waals surface area (Å²) < 4.78 is 0. The summed E-state index contributed by atoms with van der Waals surface area (Å²) in [4.78, 5) is 12.7. The van der Waals surface area contributed by atoms with Crippen LogP contribution < -0.4 is 16.5 Å². The number of nitrogens with one attached hydrogen (secondary N) is 2. The second-order valence-electron chi connectivity index (χ2n) is 5.21. The number of carbonyl (C=O) groups is 1. The van der Waals surface area contributed by atoms with Crippen LogP contribution in [0.3, 0.4) is 0 Å². The average molecular weight is 351 g/mol. The lowest BCUT2D eigenvalue weighted by Gasteiger charge is -2.14. The van der Waals surface area contributed by atoms with Crippen molar-refractivity contribution in [3.05, 3.63) is 65.7 Å². The van der Waals surface area contributed by atoms with E-state index in [0.29, 0.717) is 11.3 Å². The first-order valence-corrected chi connectivity index (χ1v) is 7.88. The van der Waals surface area contributed by atoms with Crippen LogP contribution >= 0.6 is 12.2 Å². The normalized spacial score (nSPS) is 11.9. The van der Waals surface area contributed by atoms with Crippen molar-refractivity contribution < 1.29 is 4.79 Å². The number of amides is 1. The summed E-state index contributed by atoms with van der Waals surface area (Å²) in [6.45, 7) is 1.87. The van der Waals surface area contributed by atoms with Crippen LogP contribution in [-0.2, 0) is 4.79 Å². The Hall–Kier alpha value is -3.24. The zero-order chi connectivity index (χ0) is 18.2. The number of rotatable bonds is 5. The summed E-state index contributed by atoms with van der Waals surface area (Å²) in [5, 5.41) is 16.2. The fraction of sp³-hybridized carbons (Fsp3) is 0.111. The Balaban J connectivity index is 2.37. The number of anilines is 1. The highest BCUT2D eigenvalue weighted by molar-refractivity contribution is 7.80. The molecule has 0 fully saturated rings. The Morgan fingerprint density at radius 2 is 1.84 bits per heavy atom. The Labute approximate surface area is 151 Å². The van der Waals surface area contributed by atoms with Crippen LogP contribution in [-0.4, -0.2) is 16.7 Å². The second-order valence-corrected chi connectivity index (χ2v) is 5.65. The van der Waals surface area contributed by atoms with Crippen LogP contribution in [0, 0.1) is 18.3 Å². The number of para-hydroxylation sites is 1. The lowest BCUT2D eigenvalue weighted by molar-refractivity contribution is -0.110. The van der Waals surface area contributed by atoms with E-state index in [1.54, 1.807) is 30.3 Å². The fourth-order valence-electron chi connectivity index (χ4n) is 2.20. The number of nitrogens with two attached hydrogens (primary N) is 1. The molecule has 1 unspecified atom stereocenters. The molecule has 0 aliphatic rings. The van der Waals surface area contributed by atoms with Crippen LogP contribution in [0.25, 0.3) is 0 Å². The monoisotopic (exact) mass is 351 g/mol. The third kappa shape index (κ3) is 4.86. The molecule has 25 heavy (non-hydrogen) atoms. The maximum absolute atomic E-state index is 12.7. The predicted octanol–water partition coefficient (Wildman–Crippen LogP) is 2.43. The van der Waals surface area contributed by atoms with Gasteiger partial charge in [0.1, 0.15) is 11.6 Å². The number of nitriles is 1. The van der Waals surface area contributed by atoms with Gasteiger partial charge in [-0.15, -0.1) is 0 Å². The number of hydrazone groups is 1. The van der Waals surface area contributed by atoms with Gasteiger partial charge in [-0.2, -0.15) is 10.4 Å². The van der Waals surface area contributed by atoms with E-state index in [-0.39, 0.29) is 10.8 Å². The van der Waals surface area contributed by atoms with Crippen molar-refractivity contribution in [1.29, 1.82) is 5.26 Å². The van der Waals surface area contributed by atoms with E-state index in [2.05, 4.69) is 21.9 Å². The Bertz CT molecular complexity index is 842. The van der Waals surface area contributed by atoms with E-state index in [4.69, 9.17) is 18.0 Å². The van der Waals surface area contributed by atoms with Gasteiger partial charge in [0.15, 0.2) is 5.11 Å². The van der Waals surface area contributed by atoms with Gasteiger partial charge in [0.25, 0.3) is 5.91 Å². The van der Waals surface area contributed by atoms with Gasteiger partial charge in [-0.3, -0.25) is 10.2 Å². The van der Waals surface area contributed by atoms with Crippen LogP contribution in [0.15, 0.2) is 59.7 Å². The summed E-state index contributed by atoms with van der Waals surface area (Å²) in [5.74, 6) is -1.37. The minimum atomic E-state index is -0.868. The molecular formula is C18H17N5OS. The Kier molecular flexibility index (Phi) is 6.20. The second kappa shape index (κ2) is 8.57. The van der Waals surface area contributed by atoms with Gasteiger partial charge in [0.2, 0.25) is 0 Å². The first-order valence-electron chi connectivity index (χ1n) is 7.47. The van der Waals surface area contributed by atoms with Gasteiger partial charge >= 0.3 is 0 Å². The van der Waals surface area contributed by atoms with Crippen molar-refractivity contribution in [3.63, 3.8) is 0 Å². The molecule has 0 heterocycles. The minimum absolute atomic E-state index is 0.0234. The van der Waals surface area contributed by atoms with Crippen molar-refractivity contribution in [2.24, 2.45) is 10.8 Å². The molecule has 1 atom stereocenters. The largest absolute Gasteiger partial charge is 0.375 e. The molecular weight excluding hydrogens is 334 g/mol. The molecule has 0 aliphatic heterocycles. The van der Waals surface area contributed by atoms with Crippen LogP contribution in [0.2, 0.25) is 0 Å². The number of benzene rings is 2. The molecule has 1 amide bonds. The number of nitrogens with zero attached hydrogens (tertiary/aromatic N) is 2. The molecule has 0 saturated carbocycles. The molecule has 2 rings (SSSR count). The van der Waals surface area contributed by atoms with Gasteiger partial charge in [-0.05, 0) is 36.3 Å². The number of aryl methyl sites for hydroxylation is 1. The van der Waals surface area contributed by atoms with Crippen molar-refractivity contribution in [3.8, 4) is 6.07 Å². The SMILES string of the molecule is Cc1ccccc1NC(=O)/C(=N/NC(N)=S)C(C#N)c1ccccc1.